The van der Waals surface area contributed by atoms with Crippen LogP contribution in [0.4, 0.5) is 0 Å². The van der Waals surface area contributed by atoms with Crippen molar-refractivity contribution in [2.75, 3.05) is 0 Å². The third-order valence-corrected chi connectivity index (χ3v) is 6.77. The van der Waals surface area contributed by atoms with E-state index in [-0.39, 0.29) is 0 Å². The summed E-state index contributed by atoms with van der Waals surface area (Å²) in [5.41, 5.74) is 4.75. The fourth-order valence-electron chi connectivity index (χ4n) is 5.49. The Balaban J connectivity index is 1.93. The van der Waals surface area contributed by atoms with Gasteiger partial charge < -0.3 is 9.40 Å². The Kier molecular flexibility index (Phi) is 3.25. The molecule has 7 aromatic rings. The molecule has 0 aliphatic carbocycles. The van der Waals surface area contributed by atoms with Gasteiger partial charge in [-0.1, -0.05) is 79.7 Å². The zero-order valence-electron chi connectivity index (χ0n) is 17.1. The molecule has 0 unspecified atom stereocenters. The Morgan fingerprint density at radius 2 is 1.16 bits per heavy atom. The standard InChI is InChI=1S/C28H18BNO/c1-2-15-24-26-23(19-12-6-8-14-21(19)27(24)31-28(15)29)22-18-11-5-3-9-16(18)17-10-4-7-13-20(17)25(22)30-26/h3-14,30H,2H2,1H3. The third-order valence-electron chi connectivity index (χ3n) is 6.77. The van der Waals surface area contributed by atoms with Gasteiger partial charge in [-0.2, -0.15) is 0 Å². The van der Waals surface area contributed by atoms with E-state index in [0.717, 1.165) is 33.9 Å². The van der Waals surface area contributed by atoms with Crippen LogP contribution in [0.15, 0.2) is 77.2 Å². The average molecular weight is 395 g/mol. The molecular weight excluding hydrogens is 377 g/mol. The molecule has 3 heteroatoms. The quantitative estimate of drug-likeness (QED) is 0.238. The van der Waals surface area contributed by atoms with Gasteiger partial charge in [0.2, 0.25) is 0 Å². The number of aromatic nitrogens is 1. The minimum atomic E-state index is 0.517. The first-order valence-electron chi connectivity index (χ1n) is 10.7. The van der Waals surface area contributed by atoms with Crippen LogP contribution in [0.5, 0.6) is 0 Å². The molecule has 31 heavy (non-hydrogen) atoms. The summed E-state index contributed by atoms with van der Waals surface area (Å²) in [6, 6.07) is 25.9. The molecule has 0 aliphatic heterocycles. The number of H-pyrrole nitrogens is 1. The predicted octanol–water partition coefficient (Wildman–Crippen LogP) is 6.88. The Morgan fingerprint density at radius 1 is 0.645 bits per heavy atom. The number of aromatic amines is 1. The first-order chi connectivity index (χ1) is 15.3. The van der Waals surface area contributed by atoms with Crippen molar-refractivity contribution < 1.29 is 4.42 Å². The van der Waals surface area contributed by atoms with Crippen LogP contribution in [0.2, 0.25) is 0 Å². The van der Waals surface area contributed by atoms with Crippen LogP contribution in [0.3, 0.4) is 0 Å². The van der Waals surface area contributed by atoms with Crippen LogP contribution < -0.4 is 5.66 Å². The van der Waals surface area contributed by atoms with Gasteiger partial charge in [-0.3, -0.25) is 0 Å². The molecule has 1 N–H and O–H groups in total. The highest BCUT2D eigenvalue weighted by molar-refractivity contribution is 6.41. The molecule has 0 saturated carbocycles. The molecule has 7 rings (SSSR count). The molecule has 144 valence electrons. The SMILES string of the molecule is [B]c1oc2c3ccccc3c3c([nH]c4c5ccccc5c5ccccc5c43)c2c1CC. The number of hydrogen-bond acceptors (Lipinski definition) is 1. The van der Waals surface area contributed by atoms with E-state index in [9.17, 15) is 0 Å². The summed E-state index contributed by atoms with van der Waals surface area (Å²) < 4.78 is 6.14. The molecule has 0 bridgehead atoms. The van der Waals surface area contributed by atoms with Gasteiger partial charge in [0, 0.05) is 26.9 Å². The second-order valence-electron chi connectivity index (χ2n) is 8.26. The minimum Gasteiger partial charge on any atom is -0.472 e. The van der Waals surface area contributed by atoms with Crippen LogP contribution in [0, 0.1) is 0 Å². The maximum atomic E-state index is 6.34. The highest BCUT2D eigenvalue weighted by Crippen LogP contribution is 2.45. The first kappa shape index (κ1) is 17.0. The van der Waals surface area contributed by atoms with E-state index in [1.807, 2.05) is 0 Å². The lowest BCUT2D eigenvalue weighted by atomic mass is 9.92. The largest absolute Gasteiger partial charge is 0.472 e. The third kappa shape index (κ3) is 2.03. The molecule has 0 saturated heterocycles. The van der Waals surface area contributed by atoms with Crippen molar-refractivity contribution in [2.24, 2.45) is 0 Å². The Labute approximate surface area is 179 Å². The van der Waals surface area contributed by atoms with Crippen molar-refractivity contribution in [1.29, 1.82) is 0 Å². The zero-order valence-corrected chi connectivity index (χ0v) is 17.1. The highest BCUT2D eigenvalue weighted by Gasteiger charge is 2.22. The number of hydrogen-bond donors (Lipinski definition) is 1. The van der Waals surface area contributed by atoms with E-state index in [2.05, 4.69) is 84.7 Å². The Bertz CT molecular complexity index is 1840. The number of aryl methyl sites for hydroxylation is 1. The number of furan rings is 1. The van der Waals surface area contributed by atoms with E-state index >= 15 is 0 Å². The molecule has 0 atom stereocenters. The molecule has 0 aliphatic rings. The first-order valence-corrected chi connectivity index (χ1v) is 10.7. The maximum Gasteiger partial charge on any atom is 0.168 e. The van der Waals surface area contributed by atoms with Gasteiger partial charge >= 0.3 is 0 Å². The summed E-state index contributed by atoms with van der Waals surface area (Å²) in [5.74, 6) is 0. The van der Waals surface area contributed by atoms with E-state index < -0.39 is 0 Å². The molecule has 0 spiro atoms. The highest BCUT2D eigenvalue weighted by atomic mass is 16.3. The van der Waals surface area contributed by atoms with Crippen molar-refractivity contribution in [3.05, 3.63) is 78.4 Å². The number of rotatable bonds is 1. The summed E-state index contributed by atoms with van der Waals surface area (Å²) in [5, 5.41) is 11.0. The lowest BCUT2D eigenvalue weighted by Crippen LogP contribution is -2.03. The number of benzene rings is 5. The molecule has 2 nitrogen and oxygen atoms in total. The van der Waals surface area contributed by atoms with Crippen LogP contribution >= 0.6 is 0 Å². The fraction of sp³-hybridized carbons (Fsp3) is 0.0714. The number of fused-ring (bicyclic) bond motifs is 13. The predicted molar refractivity (Wildman–Crippen MR) is 133 cm³/mol. The van der Waals surface area contributed by atoms with Gasteiger partial charge in [0.15, 0.2) is 7.85 Å². The van der Waals surface area contributed by atoms with E-state index in [1.165, 1.54) is 43.2 Å². The van der Waals surface area contributed by atoms with Crippen molar-refractivity contribution in [3.63, 3.8) is 0 Å². The summed E-state index contributed by atoms with van der Waals surface area (Å²) in [6.07, 6.45) is 0.823. The molecule has 0 fully saturated rings. The normalized spacial score (nSPS) is 12.3. The molecule has 5 aromatic carbocycles. The van der Waals surface area contributed by atoms with Gasteiger partial charge in [-0.05, 0) is 33.5 Å². The molecule has 2 radical (unpaired) electrons. The summed E-state index contributed by atoms with van der Waals surface area (Å²) >= 11 is 0. The van der Waals surface area contributed by atoms with E-state index in [1.54, 1.807) is 0 Å². The van der Waals surface area contributed by atoms with Gasteiger partial charge in [0.25, 0.3) is 0 Å². The van der Waals surface area contributed by atoms with Crippen molar-refractivity contribution in [2.45, 2.75) is 13.3 Å². The molecule has 2 aromatic heterocycles. The van der Waals surface area contributed by atoms with Gasteiger partial charge in [0.1, 0.15) is 5.58 Å². The van der Waals surface area contributed by atoms with Crippen LogP contribution in [0.25, 0.3) is 65.1 Å². The minimum absolute atomic E-state index is 0.517. The Morgan fingerprint density at radius 3 is 1.84 bits per heavy atom. The van der Waals surface area contributed by atoms with Crippen LogP contribution in [0.1, 0.15) is 12.5 Å². The van der Waals surface area contributed by atoms with Crippen LogP contribution in [-0.4, -0.2) is 12.8 Å². The second-order valence-corrected chi connectivity index (χ2v) is 8.26. The van der Waals surface area contributed by atoms with Crippen molar-refractivity contribution >= 4 is 78.6 Å². The molecule has 2 heterocycles. The Hall–Kier alpha value is -3.72. The average Bonchev–Trinajstić information content (AvgIpc) is 3.37. The maximum absolute atomic E-state index is 6.34. The summed E-state index contributed by atoms with van der Waals surface area (Å²) in [4.78, 5) is 3.82. The second kappa shape index (κ2) is 5.92. The van der Waals surface area contributed by atoms with Crippen LogP contribution in [-0.2, 0) is 6.42 Å². The lowest BCUT2D eigenvalue weighted by molar-refractivity contribution is 0.653. The van der Waals surface area contributed by atoms with Crippen molar-refractivity contribution in [3.8, 4) is 0 Å². The molecule has 0 amide bonds. The monoisotopic (exact) mass is 395 g/mol. The lowest BCUT2D eigenvalue weighted by Gasteiger charge is -2.08. The zero-order chi connectivity index (χ0) is 20.7. The van der Waals surface area contributed by atoms with E-state index in [4.69, 9.17) is 12.3 Å². The molecular formula is C28H18BNO. The fourth-order valence-corrected chi connectivity index (χ4v) is 5.49. The topological polar surface area (TPSA) is 28.9 Å². The van der Waals surface area contributed by atoms with Gasteiger partial charge in [-0.25, -0.2) is 0 Å². The summed E-state index contributed by atoms with van der Waals surface area (Å²) in [6.45, 7) is 2.13. The van der Waals surface area contributed by atoms with Gasteiger partial charge in [-0.15, -0.1) is 0 Å². The summed E-state index contributed by atoms with van der Waals surface area (Å²) in [7, 11) is 6.34. The number of nitrogens with one attached hydrogen (secondary N) is 1. The smallest absolute Gasteiger partial charge is 0.168 e. The van der Waals surface area contributed by atoms with Crippen molar-refractivity contribution in [1.82, 2.24) is 4.98 Å². The van der Waals surface area contributed by atoms with E-state index in [0.29, 0.717) is 5.66 Å². The van der Waals surface area contributed by atoms with Gasteiger partial charge in [0.05, 0.1) is 16.7 Å².